The molecule has 0 aliphatic carbocycles. The van der Waals surface area contributed by atoms with E-state index < -0.39 is 0 Å². The summed E-state index contributed by atoms with van der Waals surface area (Å²) in [6, 6.07) is 8.19. The van der Waals surface area contributed by atoms with E-state index in [-0.39, 0.29) is 0 Å². The third kappa shape index (κ3) is 1.36. The minimum atomic E-state index is 0.631. The van der Waals surface area contributed by atoms with Crippen molar-refractivity contribution in [1.82, 2.24) is 5.32 Å². The molecule has 0 amide bonds. The Kier molecular flexibility index (Phi) is 1.99. The highest BCUT2D eigenvalue weighted by atomic mass is 15.3. The molecule has 1 N–H and O–H groups in total. The average Bonchev–Trinajstić information content (AvgIpc) is 2.57. The van der Waals surface area contributed by atoms with Gasteiger partial charge < -0.3 is 10.2 Å². The summed E-state index contributed by atoms with van der Waals surface area (Å²) in [5.41, 5.74) is 4.38. The first-order valence-corrected chi connectivity index (χ1v) is 5.84. The lowest BCUT2D eigenvalue weighted by Gasteiger charge is -2.38. The van der Waals surface area contributed by atoms with Gasteiger partial charge in [-0.25, -0.2) is 0 Å². The first-order valence-electron chi connectivity index (χ1n) is 5.84. The number of nitrogens with one attached hydrogen (secondary N) is 1. The molecule has 80 valence electrons. The maximum absolute atomic E-state index is 3.51. The number of rotatable bonds is 0. The lowest BCUT2D eigenvalue weighted by atomic mass is 10.1. The molecule has 2 aliphatic rings. The summed E-state index contributed by atoms with van der Waals surface area (Å²) in [6.45, 7) is 6.75. The molecule has 1 saturated heterocycles. The molecule has 2 heterocycles. The molecule has 0 unspecified atom stereocenters. The first kappa shape index (κ1) is 9.22. The summed E-state index contributed by atoms with van der Waals surface area (Å²) < 4.78 is 0. The molecule has 2 atom stereocenters. The second-order valence-corrected chi connectivity index (χ2v) is 4.90. The molecule has 2 nitrogen and oxygen atoms in total. The molecule has 2 heteroatoms. The van der Waals surface area contributed by atoms with E-state index in [0.717, 1.165) is 13.1 Å². The molecule has 3 rings (SSSR count). The van der Waals surface area contributed by atoms with E-state index in [1.165, 1.54) is 23.2 Å². The van der Waals surface area contributed by atoms with E-state index in [1.54, 1.807) is 0 Å². The Hall–Kier alpha value is -1.02. The number of aryl methyl sites for hydroxylation is 1. The summed E-state index contributed by atoms with van der Waals surface area (Å²) in [5.74, 6) is 0. The van der Waals surface area contributed by atoms with Crippen LogP contribution >= 0.6 is 0 Å². The highest BCUT2D eigenvalue weighted by molar-refractivity contribution is 5.62. The lowest BCUT2D eigenvalue weighted by molar-refractivity contribution is 0.430. The number of fused-ring (bicyclic) bond motifs is 3. The molecule has 0 spiro atoms. The zero-order valence-corrected chi connectivity index (χ0v) is 9.46. The van der Waals surface area contributed by atoms with Gasteiger partial charge in [-0.1, -0.05) is 12.1 Å². The van der Waals surface area contributed by atoms with Crippen LogP contribution in [-0.2, 0) is 6.42 Å². The second kappa shape index (κ2) is 3.24. The van der Waals surface area contributed by atoms with Crippen LogP contribution in [0.2, 0.25) is 0 Å². The van der Waals surface area contributed by atoms with E-state index in [9.17, 15) is 0 Å². The largest absolute Gasteiger partial charge is 0.363 e. The fourth-order valence-electron chi connectivity index (χ4n) is 2.96. The molecule has 0 radical (unpaired) electrons. The highest BCUT2D eigenvalue weighted by Gasteiger charge is 2.34. The van der Waals surface area contributed by atoms with E-state index in [4.69, 9.17) is 0 Å². The normalized spacial score (nSPS) is 28.8. The van der Waals surface area contributed by atoms with Crippen LogP contribution in [0.25, 0.3) is 0 Å². The van der Waals surface area contributed by atoms with Crippen molar-refractivity contribution >= 4 is 5.69 Å². The number of anilines is 1. The smallest absolute Gasteiger partial charge is 0.0459 e. The molecule has 0 aromatic heterocycles. The predicted molar refractivity (Wildman–Crippen MR) is 63.5 cm³/mol. The molecule has 0 saturated carbocycles. The molecule has 1 fully saturated rings. The Bertz CT molecular complexity index is 386. The highest BCUT2D eigenvalue weighted by Crippen LogP contribution is 2.35. The van der Waals surface area contributed by atoms with Crippen LogP contribution in [0, 0.1) is 6.92 Å². The Morgan fingerprint density at radius 2 is 2.20 bits per heavy atom. The molecular weight excluding hydrogens is 184 g/mol. The Labute approximate surface area is 91.3 Å². The second-order valence-electron chi connectivity index (χ2n) is 4.90. The molecule has 2 aliphatic heterocycles. The summed E-state index contributed by atoms with van der Waals surface area (Å²) in [5, 5.41) is 3.51. The summed E-state index contributed by atoms with van der Waals surface area (Å²) in [4.78, 5) is 2.61. The van der Waals surface area contributed by atoms with Crippen molar-refractivity contribution in [1.29, 1.82) is 0 Å². The molecule has 1 aromatic carbocycles. The molecule has 1 aromatic rings. The fraction of sp³-hybridized carbons (Fsp3) is 0.538. The van der Waals surface area contributed by atoms with Crippen LogP contribution in [0.4, 0.5) is 5.69 Å². The van der Waals surface area contributed by atoms with Gasteiger partial charge in [0.15, 0.2) is 0 Å². The maximum atomic E-state index is 3.51. The van der Waals surface area contributed by atoms with Crippen LogP contribution in [0.1, 0.15) is 18.1 Å². The van der Waals surface area contributed by atoms with Gasteiger partial charge in [-0.05, 0) is 37.5 Å². The van der Waals surface area contributed by atoms with Gasteiger partial charge in [0.2, 0.25) is 0 Å². The van der Waals surface area contributed by atoms with Gasteiger partial charge in [0, 0.05) is 30.9 Å². The quantitative estimate of drug-likeness (QED) is 0.689. The van der Waals surface area contributed by atoms with Crippen LogP contribution in [0.15, 0.2) is 18.2 Å². The van der Waals surface area contributed by atoms with Gasteiger partial charge in [0.1, 0.15) is 0 Å². The van der Waals surface area contributed by atoms with E-state index in [2.05, 4.69) is 42.3 Å². The minimum Gasteiger partial charge on any atom is -0.363 e. The van der Waals surface area contributed by atoms with Crippen molar-refractivity contribution < 1.29 is 0 Å². The zero-order chi connectivity index (χ0) is 10.4. The summed E-state index contributed by atoms with van der Waals surface area (Å²) in [7, 11) is 0. The third-order valence-electron chi connectivity index (χ3n) is 3.66. The monoisotopic (exact) mass is 202 g/mol. The number of hydrogen-bond donors (Lipinski definition) is 1. The van der Waals surface area contributed by atoms with Crippen LogP contribution in [-0.4, -0.2) is 25.2 Å². The van der Waals surface area contributed by atoms with Gasteiger partial charge in [-0.3, -0.25) is 0 Å². The van der Waals surface area contributed by atoms with Crippen LogP contribution < -0.4 is 10.2 Å². The maximum Gasteiger partial charge on any atom is 0.0459 e. The fourth-order valence-corrected chi connectivity index (χ4v) is 2.96. The zero-order valence-electron chi connectivity index (χ0n) is 9.46. The molecule has 15 heavy (non-hydrogen) atoms. The Morgan fingerprint density at radius 1 is 1.33 bits per heavy atom. The number of hydrogen-bond acceptors (Lipinski definition) is 2. The van der Waals surface area contributed by atoms with Crippen LogP contribution in [0.5, 0.6) is 0 Å². The van der Waals surface area contributed by atoms with Crippen molar-refractivity contribution in [2.24, 2.45) is 0 Å². The Morgan fingerprint density at radius 3 is 3.07 bits per heavy atom. The van der Waals surface area contributed by atoms with Crippen molar-refractivity contribution in [3.05, 3.63) is 29.3 Å². The Balaban J connectivity index is 2.04. The van der Waals surface area contributed by atoms with E-state index in [0.29, 0.717) is 12.1 Å². The number of nitrogens with zero attached hydrogens (tertiary/aromatic N) is 1. The van der Waals surface area contributed by atoms with Gasteiger partial charge in [0.05, 0.1) is 0 Å². The topological polar surface area (TPSA) is 15.3 Å². The van der Waals surface area contributed by atoms with E-state index in [1.807, 2.05) is 0 Å². The van der Waals surface area contributed by atoms with Crippen molar-refractivity contribution in [2.45, 2.75) is 32.4 Å². The average molecular weight is 202 g/mol. The summed E-state index contributed by atoms with van der Waals surface area (Å²) >= 11 is 0. The SMILES string of the molecule is Cc1ccc2c(c1)N1[C@H](CNC[C@H]1C)C2. The first-order chi connectivity index (χ1) is 7.25. The minimum absolute atomic E-state index is 0.631. The lowest BCUT2D eigenvalue weighted by Crippen LogP contribution is -2.54. The number of piperazine rings is 1. The predicted octanol–water partition coefficient (Wildman–Crippen LogP) is 1.72. The van der Waals surface area contributed by atoms with E-state index >= 15 is 0 Å². The van der Waals surface area contributed by atoms with Gasteiger partial charge in [-0.15, -0.1) is 0 Å². The van der Waals surface area contributed by atoms with Crippen molar-refractivity contribution in [2.75, 3.05) is 18.0 Å². The standard InChI is InChI=1S/C13H18N2/c1-9-3-4-11-6-12-8-14-7-10(2)15(12)13(11)5-9/h3-5,10,12,14H,6-8H2,1-2H3/t10-,12+/m1/s1. The van der Waals surface area contributed by atoms with Gasteiger partial charge >= 0.3 is 0 Å². The van der Waals surface area contributed by atoms with Crippen LogP contribution in [0.3, 0.4) is 0 Å². The summed E-state index contributed by atoms with van der Waals surface area (Å²) in [6.07, 6.45) is 1.22. The van der Waals surface area contributed by atoms with Crippen molar-refractivity contribution in [3.8, 4) is 0 Å². The van der Waals surface area contributed by atoms with Gasteiger partial charge in [0.25, 0.3) is 0 Å². The molecule has 0 bridgehead atoms. The van der Waals surface area contributed by atoms with Crippen molar-refractivity contribution in [3.63, 3.8) is 0 Å². The number of benzene rings is 1. The van der Waals surface area contributed by atoms with Gasteiger partial charge in [-0.2, -0.15) is 0 Å². The molecular formula is C13H18N2. The third-order valence-corrected chi connectivity index (χ3v) is 3.66.